The van der Waals surface area contributed by atoms with E-state index in [-0.39, 0.29) is 11.0 Å². The topological polar surface area (TPSA) is 67.6 Å². The third-order valence-electron chi connectivity index (χ3n) is 2.98. The lowest BCUT2D eigenvalue weighted by Gasteiger charge is -2.29. The Morgan fingerprint density at radius 1 is 1.32 bits per heavy atom. The van der Waals surface area contributed by atoms with Gasteiger partial charge in [0, 0.05) is 13.1 Å². The van der Waals surface area contributed by atoms with Crippen molar-refractivity contribution in [1.29, 1.82) is 0 Å². The Hall–Kier alpha value is -1.66. The molecule has 1 aromatic rings. The molecule has 1 saturated heterocycles. The van der Waals surface area contributed by atoms with Crippen LogP contribution in [0.2, 0.25) is 0 Å². The fourth-order valence-corrected chi connectivity index (χ4v) is 2.14. The van der Waals surface area contributed by atoms with Crippen molar-refractivity contribution in [2.75, 3.05) is 26.3 Å². The number of rotatable bonds is 3. The number of ether oxygens (including phenoxy) is 1. The fraction of sp³-hybridized carbons (Fsp3) is 0.385. The van der Waals surface area contributed by atoms with Gasteiger partial charge in [0.2, 0.25) is 0 Å². The van der Waals surface area contributed by atoms with Crippen LogP contribution in [0.1, 0.15) is 11.6 Å². The molecule has 1 unspecified atom stereocenters. The maximum atomic E-state index is 12.1. The number of carbonyl (C=O) groups excluding carboxylic acids is 1. The van der Waals surface area contributed by atoms with Gasteiger partial charge in [0.25, 0.3) is 0 Å². The summed E-state index contributed by atoms with van der Waals surface area (Å²) in [5, 5.41) is 2.87. The van der Waals surface area contributed by atoms with E-state index in [0.717, 1.165) is 5.56 Å². The van der Waals surface area contributed by atoms with Gasteiger partial charge in [0.05, 0.1) is 13.2 Å². The van der Waals surface area contributed by atoms with Crippen LogP contribution in [0.4, 0.5) is 4.79 Å². The predicted molar refractivity (Wildman–Crippen MR) is 76.9 cm³/mol. The number of amides is 2. The van der Waals surface area contributed by atoms with E-state index in [1.165, 1.54) is 0 Å². The third-order valence-corrected chi connectivity index (χ3v) is 3.22. The minimum Gasteiger partial charge on any atom is -0.391 e. The number of nitrogens with one attached hydrogen (secondary N) is 1. The molecule has 19 heavy (non-hydrogen) atoms. The van der Waals surface area contributed by atoms with Gasteiger partial charge in [0.1, 0.15) is 11.0 Å². The zero-order valence-corrected chi connectivity index (χ0v) is 11.4. The molecule has 0 radical (unpaired) electrons. The lowest BCUT2D eigenvalue weighted by Crippen LogP contribution is -2.49. The molecular formula is C13H17N3O2S. The van der Waals surface area contributed by atoms with E-state index in [9.17, 15) is 4.79 Å². The van der Waals surface area contributed by atoms with Crippen molar-refractivity contribution in [1.82, 2.24) is 10.2 Å². The van der Waals surface area contributed by atoms with Crippen LogP contribution in [-0.4, -0.2) is 42.2 Å². The van der Waals surface area contributed by atoms with Crippen molar-refractivity contribution in [3.63, 3.8) is 0 Å². The highest BCUT2D eigenvalue weighted by Gasteiger charge is 2.22. The van der Waals surface area contributed by atoms with Crippen LogP contribution in [0.5, 0.6) is 0 Å². The molecule has 1 fully saturated rings. The van der Waals surface area contributed by atoms with Gasteiger partial charge in [-0.05, 0) is 5.56 Å². The van der Waals surface area contributed by atoms with Crippen molar-refractivity contribution in [2.45, 2.75) is 6.04 Å². The van der Waals surface area contributed by atoms with Gasteiger partial charge >= 0.3 is 6.03 Å². The van der Waals surface area contributed by atoms with E-state index in [4.69, 9.17) is 22.7 Å². The lowest BCUT2D eigenvalue weighted by molar-refractivity contribution is 0.0529. The first-order valence-corrected chi connectivity index (χ1v) is 6.57. The minimum atomic E-state index is -0.438. The molecule has 0 spiro atoms. The van der Waals surface area contributed by atoms with E-state index >= 15 is 0 Å². The van der Waals surface area contributed by atoms with E-state index in [1.807, 2.05) is 30.3 Å². The molecule has 2 amide bonds. The first kappa shape index (κ1) is 13.8. The van der Waals surface area contributed by atoms with Crippen LogP contribution in [0, 0.1) is 0 Å². The fourth-order valence-electron chi connectivity index (χ4n) is 1.95. The molecule has 0 bridgehead atoms. The van der Waals surface area contributed by atoms with Crippen LogP contribution >= 0.6 is 12.2 Å². The highest BCUT2D eigenvalue weighted by molar-refractivity contribution is 7.80. The Morgan fingerprint density at radius 2 is 1.95 bits per heavy atom. The Morgan fingerprint density at radius 3 is 2.53 bits per heavy atom. The van der Waals surface area contributed by atoms with Crippen LogP contribution in [0.15, 0.2) is 30.3 Å². The zero-order chi connectivity index (χ0) is 13.7. The smallest absolute Gasteiger partial charge is 0.318 e. The number of thiocarbonyl (C=S) groups is 1. The highest BCUT2D eigenvalue weighted by Crippen LogP contribution is 2.13. The molecule has 6 heteroatoms. The first-order chi connectivity index (χ1) is 9.18. The average Bonchev–Trinajstić information content (AvgIpc) is 2.46. The second-order valence-corrected chi connectivity index (χ2v) is 4.77. The highest BCUT2D eigenvalue weighted by atomic mass is 32.1. The van der Waals surface area contributed by atoms with Gasteiger partial charge in [0.15, 0.2) is 0 Å². The molecule has 2 rings (SSSR count). The molecule has 1 aromatic carbocycles. The normalized spacial score (nSPS) is 16.7. The van der Waals surface area contributed by atoms with Crippen LogP contribution < -0.4 is 11.1 Å². The summed E-state index contributed by atoms with van der Waals surface area (Å²) in [5.41, 5.74) is 6.61. The SMILES string of the molecule is NC(=S)C(NC(=O)N1CCOCC1)c1ccccc1. The predicted octanol–water partition coefficient (Wildman–Crippen LogP) is 1.06. The molecule has 5 nitrogen and oxygen atoms in total. The van der Waals surface area contributed by atoms with Crippen LogP contribution in [-0.2, 0) is 4.74 Å². The molecule has 3 N–H and O–H groups in total. The van der Waals surface area contributed by atoms with E-state index in [2.05, 4.69) is 5.32 Å². The van der Waals surface area contributed by atoms with Crippen molar-refractivity contribution in [3.05, 3.63) is 35.9 Å². The number of benzene rings is 1. The summed E-state index contributed by atoms with van der Waals surface area (Å²) < 4.78 is 5.21. The summed E-state index contributed by atoms with van der Waals surface area (Å²) in [6.45, 7) is 2.31. The standard InChI is InChI=1S/C13H17N3O2S/c14-12(19)11(10-4-2-1-3-5-10)15-13(17)16-6-8-18-9-7-16/h1-5,11H,6-9H2,(H2,14,19)(H,15,17). The molecule has 102 valence electrons. The molecule has 0 saturated carbocycles. The Balaban J connectivity index is 2.04. The van der Waals surface area contributed by atoms with Crippen LogP contribution in [0.25, 0.3) is 0 Å². The molecule has 0 aliphatic carbocycles. The van der Waals surface area contributed by atoms with Gasteiger partial charge in [-0.1, -0.05) is 42.5 Å². The molecule has 1 heterocycles. The maximum Gasteiger partial charge on any atom is 0.318 e. The molecular weight excluding hydrogens is 262 g/mol. The summed E-state index contributed by atoms with van der Waals surface area (Å²) in [6.07, 6.45) is 0. The number of nitrogens with two attached hydrogens (primary N) is 1. The Kier molecular flexibility index (Phi) is 4.70. The monoisotopic (exact) mass is 279 g/mol. The second kappa shape index (κ2) is 6.49. The van der Waals surface area contributed by atoms with Crippen molar-refractivity contribution in [2.24, 2.45) is 5.73 Å². The molecule has 0 aromatic heterocycles. The molecule has 1 atom stereocenters. The van der Waals surface area contributed by atoms with Crippen LogP contribution in [0.3, 0.4) is 0 Å². The van der Waals surface area contributed by atoms with Crippen molar-refractivity contribution in [3.8, 4) is 0 Å². The summed E-state index contributed by atoms with van der Waals surface area (Å²) in [4.78, 5) is 14.1. The second-order valence-electron chi connectivity index (χ2n) is 4.29. The molecule has 1 aliphatic rings. The van der Waals surface area contributed by atoms with E-state index in [1.54, 1.807) is 4.90 Å². The Labute approximate surface area is 117 Å². The minimum absolute atomic E-state index is 0.162. The number of nitrogens with zero attached hydrogens (tertiary/aromatic N) is 1. The van der Waals surface area contributed by atoms with Gasteiger partial charge < -0.3 is 20.7 Å². The van der Waals surface area contributed by atoms with Gasteiger partial charge in [-0.15, -0.1) is 0 Å². The largest absolute Gasteiger partial charge is 0.391 e. The quantitative estimate of drug-likeness (QED) is 0.812. The maximum absolute atomic E-state index is 12.1. The van der Waals surface area contributed by atoms with E-state index in [0.29, 0.717) is 26.3 Å². The van der Waals surface area contributed by atoms with Gasteiger partial charge in [-0.3, -0.25) is 0 Å². The number of carbonyl (C=O) groups is 1. The van der Waals surface area contributed by atoms with Gasteiger partial charge in [-0.2, -0.15) is 0 Å². The summed E-state index contributed by atoms with van der Waals surface area (Å²) in [6, 6.07) is 8.87. The average molecular weight is 279 g/mol. The first-order valence-electron chi connectivity index (χ1n) is 6.16. The lowest BCUT2D eigenvalue weighted by atomic mass is 10.1. The number of morpholine rings is 1. The third kappa shape index (κ3) is 3.65. The van der Waals surface area contributed by atoms with Crippen molar-refractivity contribution >= 4 is 23.2 Å². The summed E-state index contributed by atoms with van der Waals surface area (Å²) in [7, 11) is 0. The number of hydrogen-bond acceptors (Lipinski definition) is 3. The van der Waals surface area contributed by atoms with Crippen molar-refractivity contribution < 1.29 is 9.53 Å². The van der Waals surface area contributed by atoms with Gasteiger partial charge in [-0.25, -0.2) is 4.79 Å². The zero-order valence-electron chi connectivity index (χ0n) is 10.5. The van der Waals surface area contributed by atoms with E-state index < -0.39 is 6.04 Å². The summed E-state index contributed by atoms with van der Waals surface area (Å²) >= 11 is 5.04. The summed E-state index contributed by atoms with van der Waals surface area (Å²) in [5.74, 6) is 0. The number of hydrogen-bond donors (Lipinski definition) is 2. The molecule has 1 aliphatic heterocycles. The number of urea groups is 1. The Bertz CT molecular complexity index is 446.